The van der Waals surface area contributed by atoms with Crippen LogP contribution < -0.4 is 0 Å². The van der Waals surface area contributed by atoms with Crippen LogP contribution in [0.5, 0.6) is 0 Å². The lowest BCUT2D eigenvalue weighted by atomic mass is 9.84. The molecule has 0 amide bonds. The summed E-state index contributed by atoms with van der Waals surface area (Å²) < 4.78 is 10.9. The van der Waals surface area contributed by atoms with E-state index in [0.29, 0.717) is 5.92 Å². The summed E-state index contributed by atoms with van der Waals surface area (Å²) >= 11 is 0. The van der Waals surface area contributed by atoms with Gasteiger partial charge in [0.15, 0.2) is 6.10 Å². The number of fused-ring (bicyclic) bond motifs is 1. The van der Waals surface area contributed by atoms with Crippen LogP contribution in [0.3, 0.4) is 0 Å². The average Bonchev–Trinajstić information content (AvgIpc) is 2.64. The molecule has 0 aliphatic carbocycles. The van der Waals surface area contributed by atoms with E-state index in [0.717, 1.165) is 19.5 Å². The number of hydrogen-bond donors (Lipinski definition) is 0. The van der Waals surface area contributed by atoms with Gasteiger partial charge in [0.05, 0.1) is 6.04 Å². The summed E-state index contributed by atoms with van der Waals surface area (Å²) in [6.45, 7) is 8.95. The monoisotopic (exact) mass is 269 g/mol. The Morgan fingerprint density at radius 2 is 1.58 bits per heavy atom. The summed E-state index contributed by atoms with van der Waals surface area (Å²) in [6.07, 6.45) is 0.424. The normalized spacial score (nSPS) is 38.6. The minimum absolute atomic E-state index is 0.171. The molecule has 0 radical (unpaired) electrons. The molecular formula is C14H23NO4. The van der Waals surface area contributed by atoms with Gasteiger partial charge < -0.3 is 9.47 Å². The highest BCUT2D eigenvalue weighted by Gasteiger charge is 2.50. The molecule has 0 bridgehead atoms. The summed E-state index contributed by atoms with van der Waals surface area (Å²) in [5.74, 6) is 0.00751. The van der Waals surface area contributed by atoms with Gasteiger partial charge in [0, 0.05) is 26.3 Å². The van der Waals surface area contributed by atoms with Gasteiger partial charge in [-0.05, 0) is 18.9 Å². The second-order valence-electron chi connectivity index (χ2n) is 5.88. The fourth-order valence-corrected chi connectivity index (χ4v) is 3.49. The second-order valence-corrected chi connectivity index (χ2v) is 5.88. The molecule has 0 N–H and O–H groups in total. The number of nitrogens with zero attached hydrogens (tertiary/aromatic N) is 1. The number of piperidine rings is 1. The molecule has 2 aliphatic heterocycles. The fraction of sp³-hybridized carbons (Fsp3) is 0.857. The molecule has 2 fully saturated rings. The lowest BCUT2D eigenvalue weighted by Crippen LogP contribution is -2.59. The van der Waals surface area contributed by atoms with E-state index >= 15 is 0 Å². The van der Waals surface area contributed by atoms with Crippen molar-refractivity contribution in [1.82, 2.24) is 4.90 Å². The number of rotatable bonds is 2. The van der Waals surface area contributed by atoms with Gasteiger partial charge in [0.1, 0.15) is 6.10 Å². The number of hydrogen-bond acceptors (Lipinski definition) is 5. The van der Waals surface area contributed by atoms with Crippen molar-refractivity contribution in [2.24, 2.45) is 11.8 Å². The third kappa shape index (κ3) is 2.91. The van der Waals surface area contributed by atoms with E-state index in [1.807, 2.05) is 6.92 Å². The quantitative estimate of drug-likeness (QED) is 0.705. The van der Waals surface area contributed by atoms with Crippen LogP contribution in [0.15, 0.2) is 0 Å². The van der Waals surface area contributed by atoms with Crippen molar-refractivity contribution < 1.29 is 19.1 Å². The van der Waals surface area contributed by atoms with Crippen LogP contribution in [0.25, 0.3) is 0 Å². The Bertz CT molecular complexity index is 370. The Labute approximate surface area is 114 Å². The van der Waals surface area contributed by atoms with Crippen LogP contribution in [-0.4, -0.2) is 48.2 Å². The van der Waals surface area contributed by atoms with Crippen molar-refractivity contribution in [3.8, 4) is 0 Å². The SMILES string of the molecule is CC(=O)OC1C(C)CN2CCC(C)C2C1OC(C)=O. The van der Waals surface area contributed by atoms with Gasteiger partial charge in [-0.1, -0.05) is 13.8 Å². The summed E-state index contributed by atoms with van der Waals surface area (Å²) in [6, 6.07) is 0.171. The van der Waals surface area contributed by atoms with Crippen LogP contribution in [0.4, 0.5) is 0 Å². The minimum Gasteiger partial charge on any atom is -0.458 e. The maximum atomic E-state index is 11.4. The van der Waals surface area contributed by atoms with E-state index in [4.69, 9.17) is 9.47 Å². The third-order valence-electron chi connectivity index (χ3n) is 4.22. The van der Waals surface area contributed by atoms with Crippen molar-refractivity contribution >= 4 is 11.9 Å². The molecule has 5 nitrogen and oxygen atoms in total. The van der Waals surface area contributed by atoms with E-state index in [9.17, 15) is 9.59 Å². The summed E-state index contributed by atoms with van der Waals surface area (Å²) in [5.41, 5.74) is 0. The van der Waals surface area contributed by atoms with E-state index < -0.39 is 0 Å². The Balaban J connectivity index is 2.23. The number of carbonyl (C=O) groups excluding carboxylic acids is 2. The first-order valence-electron chi connectivity index (χ1n) is 6.98. The van der Waals surface area contributed by atoms with Crippen LogP contribution in [-0.2, 0) is 19.1 Å². The van der Waals surface area contributed by atoms with Crippen molar-refractivity contribution in [3.05, 3.63) is 0 Å². The van der Waals surface area contributed by atoms with Crippen molar-refractivity contribution in [2.75, 3.05) is 13.1 Å². The molecule has 108 valence electrons. The molecule has 19 heavy (non-hydrogen) atoms. The highest BCUT2D eigenvalue weighted by atomic mass is 16.6. The average molecular weight is 269 g/mol. The number of ether oxygens (including phenoxy) is 2. The molecule has 2 rings (SSSR count). The van der Waals surface area contributed by atoms with Crippen LogP contribution >= 0.6 is 0 Å². The molecule has 2 saturated heterocycles. The molecule has 0 saturated carbocycles. The topological polar surface area (TPSA) is 55.8 Å². The first-order chi connectivity index (χ1) is 8.90. The first kappa shape index (κ1) is 14.3. The maximum Gasteiger partial charge on any atom is 0.303 e. The fourth-order valence-electron chi connectivity index (χ4n) is 3.49. The van der Waals surface area contributed by atoms with Crippen molar-refractivity contribution in [1.29, 1.82) is 0 Å². The van der Waals surface area contributed by atoms with Gasteiger partial charge >= 0.3 is 11.9 Å². The third-order valence-corrected chi connectivity index (χ3v) is 4.22. The van der Waals surface area contributed by atoms with Crippen LogP contribution in [0.2, 0.25) is 0 Å². The van der Waals surface area contributed by atoms with Gasteiger partial charge in [-0.15, -0.1) is 0 Å². The van der Waals surface area contributed by atoms with Gasteiger partial charge in [-0.2, -0.15) is 0 Å². The Hall–Kier alpha value is -1.10. The molecule has 0 spiro atoms. The highest BCUT2D eigenvalue weighted by molar-refractivity contribution is 5.67. The van der Waals surface area contributed by atoms with Gasteiger partial charge in [-0.3, -0.25) is 14.5 Å². The zero-order valence-corrected chi connectivity index (χ0v) is 12.1. The van der Waals surface area contributed by atoms with Gasteiger partial charge in [0.25, 0.3) is 0 Å². The molecule has 0 aromatic rings. The highest BCUT2D eigenvalue weighted by Crippen LogP contribution is 2.37. The van der Waals surface area contributed by atoms with E-state index in [-0.39, 0.29) is 36.1 Å². The second kappa shape index (κ2) is 5.49. The standard InChI is InChI=1S/C14H23NO4/c1-8-5-6-15-7-9(2)13(18-10(3)16)14(12(8)15)19-11(4)17/h8-9,12-14H,5-7H2,1-4H3. The van der Waals surface area contributed by atoms with E-state index in [1.165, 1.54) is 13.8 Å². The summed E-state index contributed by atoms with van der Waals surface area (Å²) in [4.78, 5) is 25.0. The van der Waals surface area contributed by atoms with Crippen molar-refractivity contribution in [3.63, 3.8) is 0 Å². The maximum absolute atomic E-state index is 11.4. The molecule has 0 aromatic carbocycles. The number of esters is 2. The Kier molecular flexibility index (Phi) is 4.13. The zero-order valence-electron chi connectivity index (χ0n) is 12.1. The predicted molar refractivity (Wildman–Crippen MR) is 69.4 cm³/mol. The molecule has 5 heteroatoms. The van der Waals surface area contributed by atoms with E-state index in [2.05, 4.69) is 11.8 Å². The number of carbonyl (C=O) groups is 2. The molecule has 5 unspecified atom stereocenters. The van der Waals surface area contributed by atoms with Crippen LogP contribution in [0, 0.1) is 11.8 Å². The zero-order chi connectivity index (χ0) is 14.2. The molecular weight excluding hydrogens is 246 g/mol. The summed E-state index contributed by atoms with van der Waals surface area (Å²) in [5, 5.41) is 0. The Morgan fingerprint density at radius 3 is 2.16 bits per heavy atom. The molecule has 5 atom stereocenters. The van der Waals surface area contributed by atoms with Gasteiger partial charge in [-0.25, -0.2) is 0 Å². The largest absolute Gasteiger partial charge is 0.458 e. The van der Waals surface area contributed by atoms with Gasteiger partial charge in [0.2, 0.25) is 0 Å². The lowest BCUT2D eigenvalue weighted by molar-refractivity contribution is -0.185. The molecule has 2 heterocycles. The van der Waals surface area contributed by atoms with Crippen molar-refractivity contribution in [2.45, 2.75) is 52.4 Å². The van der Waals surface area contributed by atoms with E-state index in [1.54, 1.807) is 0 Å². The van der Waals surface area contributed by atoms with Crippen LogP contribution in [0.1, 0.15) is 34.1 Å². The smallest absolute Gasteiger partial charge is 0.303 e. The molecule has 2 aliphatic rings. The Morgan fingerprint density at radius 1 is 1.00 bits per heavy atom. The molecule has 0 aromatic heterocycles. The minimum atomic E-state index is -0.345. The predicted octanol–water partition coefficient (Wildman–Crippen LogP) is 1.21. The summed E-state index contributed by atoms with van der Waals surface area (Å²) in [7, 11) is 0. The first-order valence-corrected chi connectivity index (χ1v) is 6.98. The lowest BCUT2D eigenvalue weighted by Gasteiger charge is -2.45.